The SMILES string of the molecule is Cc1cc(Nc2nc(Nc3cccc(F)c3)cc(-c3ccccc3)n2)no1. The number of rotatable bonds is 5. The zero-order valence-electron chi connectivity index (χ0n) is 14.5. The molecular formula is C20H16FN5O. The van der Waals surface area contributed by atoms with Crippen LogP contribution in [0.3, 0.4) is 0 Å². The lowest BCUT2D eigenvalue weighted by Crippen LogP contribution is -2.02. The van der Waals surface area contributed by atoms with Crippen molar-refractivity contribution in [3.63, 3.8) is 0 Å². The van der Waals surface area contributed by atoms with Gasteiger partial charge in [0.25, 0.3) is 0 Å². The van der Waals surface area contributed by atoms with Gasteiger partial charge in [-0.15, -0.1) is 0 Å². The third-order valence-corrected chi connectivity index (χ3v) is 3.76. The second-order valence-electron chi connectivity index (χ2n) is 5.91. The van der Waals surface area contributed by atoms with Crippen LogP contribution in [0, 0.1) is 12.7 Å². The van der Waals surface area contributed by atoms with Crippen molar-refractivity contribution in [1.29, 1.82) is 0 Å². The number of nitrogens with zero attached hydrogens (tertiary/aromatic N) is 3. The first-order chi connectivity index (χ1) is 13.2. The fourth-order valence-electron chi connectivity index (χ4n) is 2.58. The van der Waals surface area contributed by atoms with Crippen molar-refractivity contribution < 1.29 is 8.91 Å². The highest BCUT2D eigenvalue weighted by Gasteiger charge is 2.09. The van der Waals surface area contributed by atoms with Crippen LogP contribution in [0.2, 0.25) is 0 Å². The molecule has 4 aromatic rings. The van der Waals surface area contributed by atoms with Crippen molar-refractivity contribution in [2.45, 2.75) is 6.92 Å². The lowest BCUT2D eigenvalue weighted by atomic mass is 10.1. The fraction of sp³-hybridized carbons (Fsp3) is 0.0500. The molecule has 0 radical (unpaired) electrons. The number of hydrogen-bond acceptors (Lipinski definition) is 6. The summed E-state index contributed by atoms with van der Waals surface area (Å²) in [5.74, 6) is 1.73. The quantitative estimate of drug-likeness (QED) is 0.517. The van der Waals surface area contributed by atoms with E-state index in [1.165, 1.54) is 12.1 Å². The highest BCUT2D eigenvalue weighted by atomic mass is 19.1. The Labute approximate surface area is 155 Å². The predicted molar refractivity (Wildman–Crippen MR) is 102 cm³/mol. The summed E-state index contributed by atoms with van der Waals surface area (Å²) in [6.07, 6.45) is 0. The molecule has 7 heteroatoms. The van der Waals surface area contributed by atoms with E-state index in [1.54, 1.807) is 31.2 Å². The molecule has 0 aliphatic heterocycles. The molecule has 6 nitrogen and oxygen atoms in total. The largest absolute Gasteiger partial charge is 0.360 e. The van der Waals surface area contributed by atoms with Crippen molar-refractivity contribution >= 4 is 23.3 Å². The van der Waals surface area contributed by atoms with Crippen molar-refractivity contribution in [2.24, 2.45) is 0 Å². The van der Waals surface area contributed by atoms with E-state index in [2.05, 4.69) is 25.8 Å². The molecule has 134 valence electrons. The van der Waals surface area contributed by atoms with Gasteiger partial charge in [0.1, 0.15) is 17.4 Å². The molecule has 0 unspecified atom stereocenters. The maximum atomic E-state index is 13.5. The summed E-state index contributed by atoms with van der Waals surface area (Å²) in [4.78, 5) is 9.00. The van der Waals surface area contributed by atoms with Crippen LogP contribution in [0.1, 0.15) is 5.76 Å². The summed E-state index contributed by atoms with van der Waals surface area (Å²) in [6.45, 7) is 1.80. The minimum Gasteiger partial charge on any atom is -0.360 e. The summed E-state index contributed by atoms with van der Waals surface area (Å²) < 4.78 is 18.5. The number of aromatic nitrogens is 3. The molecule has 0 fully saturated rings. The molecule has 0 aliphatic rings. The van der Waals surface area contributed by atoms with Gasteiger partial charge in [-0.2, -0.15) is 4.98 Å². The van der Waals surface area contributed by atoms with Crippen LogP contribution in [0.4, 0.5) is 27.7 Å². The Morgan fingerprint density at radius 2 is 1.70 bits per heavy atom. The van der Waals surface area contributed by atoms with E-state index in [0.717, 1.165) is 5.56 Å². The van der Waals surface area contributed by atoms with Gasteiger partial charge >= 0.3 is 0 Å². The average Bonchev–Trinajstić information content (AvgIpc) is 3.07. The first-order valence-corrected chi connectivity index (χ1v) is 8.33. The zero-order chi connectivity index (χ0) is 18.6. The van der Waals surface area contributed by atoms with Gasteiger partial charge in [-0.05, 0) is 25.1 Å². The van der Waals surface area contributed by atoms with Crippen molar-refractivity contribution in [3.05, 3.63) is 78.3 Å². The highest BCUT2D eigenvalue weighted by molar-refractivity contribution is 5.68. The standard InChI is InChI=1S/C20H16FN5O/c1-13-10-19(26-27-13)25-20-23-17(14-6-3-2-4-7-14)12-18(24-20)22-16-9-5-8-15(21)11-16/h2-12H,1H3,(H2,22,23,24,25,26). The van der Waals surface area contributed by atoms with E-state index in [1.807, 2.05) is 30.3 Å². The molecule has 0 spiro atoms. The molecule has 0 amide bonds. The third kappa shape index (κ3) is 4.09. The van der Waals surface area contributed by atoms with Gasteiger partial charge in [0.2, 0.25) is 5.95 Å². The fourth-order valence-corrected chi connectivity index (χ4v) is 2.58. The molecule has 2 aromatic carbocycles. The van der Waals surface area contributed by atoms with Crippen LogP contribution in [0.15, 0.2) is 71.3 Å². The first-order valence-electron chi connectivity index (χ1n) is 8.33. The van der Waals surface area contributed by atoms with E-state index < -0.39 is 0 Å². The van der Waals surface area contributed by atoms with Gasteiger partial charge in [-0.25, -0.2) is 9.37 Å². The van der Waals surface area contributed by atoms with Crippen molar-refractivity contribution in [1.82, 2.24) is 15.1 Å². The predicted octanol–water partition coefficient (Wildman–Crippen LogP) is 5.07. The highest BCUT2D eigenvalue weighted by Crippen LogP contribution is 2.25. The Morgan fingerprint density at radius 1 is 0.852 bits per heavy atom. The summed E-state index contributed by atoms with van der Waals surface area (Å²) in [7, 11) is 0. The topological polar surface area (TPSA) is 75.9 Å². The molecule has 0 aliphatic carbocycles. The molecule has 4 rings (SSSR count). The van der Waals surface area contributed by atoms with Crippen molar-refractivity contribution in [2.75, 3.05) is 10.6 Å². The van der Waals surface area contributed by atoms with Gasteiger partial charge in [0.05, 0.1) is 5.69 Å². The smallest absolute Gasteiger partial charge is 0.231 e. The summed E-state index contributed by atoms with van der Waals surface area (Å²) in [5, 5.41) is 10.0. The Hall–Kier alpha value is -3.74. The Balaban J connectivity index is 1.71. The van der Waals surface area contributed by atoms with Crippen LogP contribution in [-0.2, 0) is 0 Å². The molecule has 2 aromatic heterocycles. The van der Waals surface area contributed by atoms with Crippen molar-refractivity contribution in [3.8, 4) is 11.3 Å². The second kappa shape index (κ2) is 7.25. The molecule has 0 atom stereocenters. The van der Waals surface area contributed by atoms with Crippen LogP contribution in [0.25, 0.3) is 11.3 Å². The average molecular weight is 361 g/mol. The number of halogens is 1. The number of benzene rings is 2. The summed E-state index contributed by atoms with van der Waals surface area (Å²) in [6, 6.07) is 19.5. The van der Waals surface area contributed by atoms with E-state index in [-0.39, 0.29) is 5.82 Å². The number of anilines is 4. The monoisotopic (exact) mass is 361 g/mol. The molecular weight excluding hydrogens is 345 g/mol. The number of nitrogens with one attached hydrogen (secondary N) is 2. The number of aryl methyl sites for hydroxylation is 1. The first kappa shape index (κ1) is 16.7. The Kier molecular flexibility index (Phi) is 4.49. The normalized spacial score (nSPS) is 10.6. The lowest BCUT2D eigenvalue weighted by Gasteiger charge is -2.10. The summed E-state index contributed by atoms with van der Waals surface area (Å²) in [5.41, 5.74) is 2.24. The van der Waals surface area contributed by atoms with Gasteiger partial charge in [0, 0.05) is 23.4 Å². The van der Waals surface area contributed by atoms with Gasteiger partial charge < -0.3 is 15.2 Å². The molecule has 0 bridgehead atoms. The van der Waals surface area contributed by atoms with Crippen LogP contribution in [0.5, 0.6) is 0 Å². The van der Waals surface area contributed by atoms with E-state index in [0.29, 0.717) is 34.7 Å². The maximum absolute atomic E-state index is 13.5. The second-order valence-corrected chi connectivity index (χ2v) is 5.91. The molecule has 27 heavy (non-hydrogen) atoms. The molecule has 0 saturated heterocycles. The molecule has 2 N–H and O–H groups in total. The minimum absolute atomic E-state index is 0.325. The Morgan fingerprint density at radius 3 is 2.44 bits per heavy atom. The van der Waals surface area contributed by atoms with Gasteiger partial charge in [-0.3, -0.25) is 0 Å². The van der Waals surface area contributed by atoms with E-state index in [4.69, 9.17) is 4.52 Å². The minimum atomic E-state index is -0.325. The van der Waals surface area contributed by atoms with Crippen LogP contribution < -0.4 is 10.6 Å². The van der Waals surface area contributed by atoms with Crippen LogP contribution >= 0.6 is 0 Å². The molecule has 2 heterocycles. The van der Waals surface area contributed by atoms with Gasteiger partial charge in [0.15, 0.2) is 5.82 Å². The summed E-state index contributed by atoms with van der Waals surface area (Å²) >= 11 is 0. The number of hydrogen-bond donors (Lipinski definition) is 2. The van der Waals surface area contributed by atoms with E-state index in [9.17, 15) is 4.39 Å². The maximum Gasteiger partial charge on any atom is 0.231 e. The van der Waals surface area contributed by atoms with Gasteiger partial charge in [-0.1, -0.05) is 41.6 Å². The zero-order valence-corrected chi connectivity index (χ0v) is 14.5. The van der Waals surface area contributed by atoms with Crippen LogP contribution in [-0.4, -0.2) is 15.1 Å². The third-order valence-electron chi connectivity index (χ3n) is 3.76. The van der Waals surface area contributed by atoms with E-state index >= 15 is 0 Å². The molecule has 0 saturated carbocycles. The Bertz CT molecular complexity index is 1060. The lowest BCUT2D eigenvalue weighted by molar-refractivity contribution is 0.400.